The molecule has 24 heavy (non-hydrogen) atoms. The number of alkyl halides is 2. The van der Waals surface area contributed by atoms with E-state index in [1.54, 1.807) is 13.1 Å². The fourth-order valence-corrected chi connectivity index (χ4v) is 3.31. The molecular weight excluding hydrogens is 347 g/mol. The van der Waals surface area contributed by atoms with Gasteiger partial charge in [-0.2, -0.15) is 0 Å². The van der Waals surface area contributed by atoms with Crippen molar-refractivity contribution in [1.82, 2.24) is 14.4 Å². The van der Waals surface area contributed by atoms with E-state index in [-0.39, 0.29) is 5.91 Å². The van der Waals surface area contributed by atoms with Crippen molar-refractivity contribution in [1.29, 1.82) is 0 Å². The number of aromatic nitrogens is 3. The number of amides is 1. The number of fused-ring (bicyclic) bond motifs is 1. The second-order valence-electron chi connectivity index (χ2n) is 6.20. The van der Waals surface area contributed by atoms with E-state index in [0.29, 0.717) is 17.9 Å². The van der Waals surface area contributed by atoms with Crippen LogP contribution in [0.5, 0.6) is 0 Å². The molecule has 0 spiro atoms. The predicted octanol–water partition coefficient (Wildman–Crippen LogP) is 3.92. The third-order valence-corrected chi connectivity index (χ3v) is 5.53. The van der Waals surface area contributed by atoms with Gasteiger partial charge in [0.1, 0.15) is 4.33 Å². The summed E-state index contributed by atoms with van der Waals surface area (Å²) in [5.74, 6) is 0.476. The van der Waals surface area contributed by atoms with Crippen LogP contribution >= 0.6 is 23.2 Å². The van der Waals surface area contributed by atoms with Gasteiger partial charge in [-0.1, -0.05) is 12.1 Å². The third-order valence-electron chi connectivity index (χ3n) is 4.43. The average Bonchev–Trinajstić information content (AvgIpc) is 2.92. The molecule has 122 valence electrons. The molecule has 0 bridgehead atoms. The van der Waals surface area contributed by atoms with E-state index in [1.165, 1.54) is 0 Å². The molecule has 3 aromatic rings. The molecule has 1 aromatic carbocycles. The van der Waals surface area contributed by atoms with Gasteiger partial charge in [0.25, 0.3) is 0 Å². The summed E-state index contributed by atoms with van der Waals surface area (Å²) in [5, 5.41) is 2.86. The Morgan fingerprint density at radius 1 is 1.29 bits per heavy atom. The van der Waals surface area contributed by atoms with Crippen LogP contribution in [0.15, 0.2) is 48.9 Å². The summed E-state index contributed by atoms with van der Waals surface area (Å²) in [4.78, 5) is 21.0. The number of rotatable bonds is 3. The Balaban J connectivity index is 1.54. The van der Waals surface area contributed by atoms with Gasteiger partial charge < -0.3 is 5.32 Å². The average molecular weight is 361 g/mol. The number of nitrogens with one attached hydrogen (secondary N) is 1. The topological polar surface area (TPSA) is 59.3 Å². The number of imidazole rings is 1. The van der Waals surface area contributed by atoms with Crippen molar-refractivity contribution in [3.05, 3.63) is 48.9 Å². The van der Waals surface area contributed by atoms with E-state index >= 15 is 0 Å². The Kier molecular flexibility index (Phi) is 3.34. The minimum absolute atomic E-state index is 0.169. The highest BCUT2D eigenvalue weighted by atomic mass is 35.5. The zero-order valence-electron chi connectivity index (χ0n) is 12.8. The molecular formula is C17H14Cl2N4O. The minimum atomic E-state index is -0.972. The Labute approximate surface area is 148 Å². The van der Waals surface area contributed by atoms with Gasteiger partial charge in [0.15, 0.2) is 0 Å². The molecule has 2 heterocycles. The highest BCUT2D eigenvalue weighted by molar-refractivity contribution is 6.53. The van der Waals surface area contributed by atoms with E-state index < -0.39 is 9.75 Å². The molecule has 2 aromatic heterocycles. The number of hydrogen-bond acceptors (Lipinski definition) is 3. The highest BCUT2D eigenvalue weighted by Gasteiger charge is 2.67. The van der Waals surface area contributed by atoms with Gasteiger partial charge in [-0.05, 0) is 31.5 Å². The third kappa shape index (κ3) is 2.44. The number of hydrogen-bond donors (Lipinski definition) is 1. The predicted molar refractivity (Wildman–Crippen MR) is 94.2 cm³/mol. The van der Waals surface area contributed by atoms with Crippen LogP contribution in [0.2, 0.25) is 0 Å². The van der Waals surface area contributed by atoms with Crippen LogP contribution in [0, 0.1) is 5.41 Å². The van der Waals surface area contributed by atoms with Gasteiger partial charge in [0, 0.05) is 29.8 Å². The van der Waals surface area contributed by atoms with E-state index in [4.69, 9.17) is 23.2 Å². The molecule has 0 saturated heterocycles. The standard InChI is InChI=1S/C17H14Cl2N4O/c1-16(10-17(16,18)19)14(24)21-12-5-3-11(4-6-12)13-9-23-8-2-7-20-15(23)22-13/h2-9H,10H2,1H3,(H,21,24)/t16-/m1/s1. The largest absolute Gasteiger partial charge is 0.326 e. The maximum atomic E-state index is 12.3. The zero-order valence-corrected chi connectivity index (χ0v) is 14.3. The summed E-state index contributed by atoms with van der Waals surface area (Å²) in [5.41, 5.74) is 1.73. The van der Waals surface area contributed by atoms with Gasteiger partial charge in [-0.25, -0.2) is 9.97 Å². The van der Waals surface area contributed by atoms with Gasteiger partial charge in [-0.15, -0.1) is 23.2 Å². The maximum Gasteiger partial charge on any atom is 0.234 e. The Morgan fingerprint density at radius 3 is 2.62 bits per heavy atom. The summed E-state index contributed by atoms with van der Waals surface area (Å²) in [6.45, 7) is 1.76. The van der Waals surface area contributed by atoms with Crippen LogP contribution in [-0.2, 0) is 4.79 Å². The van der Waals surface area contributed by atoms with Gasteiger partial charge in [0.05, 0.1) is 11.1 Å². The van der Waals surface area contributed by atoms with Crippen molar-refractivity contribution in [2.24, 2.45) is 5.41 Å². The lowest BCUT2D eigenvalue weighted by Crippen LogP contribution is -2.25. The summed E-state index contributed by atoms with van der Waals surface area (Å²) in [7, 11) is 0. The SMILES string of the molecule is C[C@]1(C(=O)Nc2ccc(-c3cn4cccnc4n3)cc2)CC1(Cl)Cl. The number of benzene rings is 1. The lowest BCUT2D eigenvalue weighted by atomic mass is 10.1. The van der Waals surface area contributed by atoms with Crippen LogP contribution in [0.25, 0.3) is 17.0 Å². The molecule has 1 atom stereocenters. The number of anilines is 1. The quantitative estimate of drug-likeness (QED) is 0.720. The second-order valence-corrected chi connectivity index (χ2v) is 7.68. The maximum absolute atomic E-state index is 12.3. The summed E-state index contributed by atoms with van der Waals surface area (Å²) in [6, 6.07) is 9.33. The molecule has 1 aliphatic carbocycles. The monoisotopic (exact) mass is 360 g/mol. The summed E-state index contributed by atoms with van der Waals surface area (Å²) in [6.07, 6.45) is 5.98. The smallest absolute Gasteiger partial charge is 0.234 e. The molecule has 1 amide bonds. The van der Waals surface area contributed by atoms with Crippen molar-refractivity contribution in [2.75, 3.05) is 5.32 Å². The fraction of sp³-hybridized carbons (Fsp3) is 0.235. The molecule has 1 saturated carbocycles. The van der Waals surface area contributed by atoms with Crippen LogP contribution < -0.4 is 5.32 Å². The lowest BCUT2D eigenvalue weighted by Gasteiger charge is -2.12. The summed E-state index contributed by atoms with van der Waals surface area (Å²) < 4.78 is 0.889. The first-order valence-corrected chi connectivity index (χ1v) is 8.24. The van der Waals surface area contributed by atoms with E-state index in [1.807, 2.05) is 47.1 Å². The summed E-state index contributed by atoms with van der Waals surface area (Å²) >= 11 is 12.1. The van der Waals surface area contributed by atoms with E-state index in [9.17, 15) is 4.79 Å². The molecule has 1 fully saturated rings. The molecule has 7 heteroatoms. The Hall–Kier alpha value is -2.11. The zero-order chi connectivity index (χ0) is 16.9. The van der Waals surface area contributed by atoms with Gasteiger partial charge in [0.2, 0.25) is 11.7 Å². The molecule has 4 rings (SSSR count). The Morgan fingerprint density at radius 2 is 2.00 bits per heavy atom. The first kappa shape index (κ1) is 15.4. The number of nitrogens with zero attached hydrogens (tertiary/aromatic N) is 3. The van der Waals surface area contributed by atoms with Crippen LogP contribution in [0.3, 0.4) is 0 Å². The lowest BCUT2D eigenvalue weighted by molar-refractivity contribution is -0.120. The molecule has 5 nitrogen and oxygen atoms in total. The van der Waals surface area contributed by atoms with E-state index in [2.05, 4.69) is 15.3 Å². The minimum Gasteiger partial charge on any atom is -0.326 e. The van der Waals surface area contributed by atoms with Crippen molar-refractivity contribution >= 4 is 40.6 Å². The van der Waals surface area contributed by atoms with Crippen LogP contribution in [0.1, 0.15) is 13.3 Å². The second kappa shape index (κ2) is 5.19. The highest BCUT2D eigenvalue weighted by Crippen LogP contribution is 2.64. The normalized spacial score (nSPS) is 21.6. The van der Waals surface area contributed by atoms with Crippen molar-refractivity contribution in [3.8, 4) is 11.3 Å². The van der Waals surface area contributed by atoms with E-state index in [0.717, 1.165) is 11.3 Å². The van der Waals surface area contributed by atoms with Crippen LogP contribution in [-0.4, -0.2) is 24.6 Å². The van der Waals surface area contributed by atoms with Gasteiger partial charge in [-0.3, -0.25) is 9.20 Å². The van der Waals surface area contributed by atoms with Gasteiger partial charge >= 0.3 is 0 Å². The first-order chi connectivity index (χ1) is 11.4. The molecule has 0 radical (unpaired) electrons. The Bertz CT molecular complexity index is 902. The number of carbonyl (C=O) groups excluding carboxylic acids is 1. The molecule has 0 unspecified atom stereocenters. The van der Waals surface area contributed by atoms with Crippen molar-refractivity contribution in [3.63, 3.8) is 0 Å². The van der Waals surface area contributed by atoms with Crippen molar-refractivity contribution in [2.45, 2.75) is 17.7 Å². The molecule has 1 N–H and O–H groups in total. The van der Waals surface area contributed by atoms with Crippen LogP contribution in [0.4, 0.5) is 5.69 Å². The molecule has 1 aliphatic rings. The first-order valence-electron chi connectivity index (χ1n) is 7.48. The molecule has 0 aliphatic heterocycles. The van der Waals surface area contributed by atoms with Crippen molar-refractivity contribution < 1.29 is 4.79 Å². The number of carbonyl (C=O) groups is 1. The number of halogens is 2. The fourth-order valence-electron chi connectivity index (χ4n) is 2.61.